The van der Waals surface area contributed by atoms with E-state index in [2.05, 4.69) is 9.97 Å². The number of aromatic nitrogens is 2. The van der Waals surface area contributed by atoms with Crippen molar-refractivity contribution in [1.82, 2.24) is 9.97 Å². The topological polar surface area (TPSA) is 72.4 Å². The maximum atomic E-state index is 11.9. The molecule has 7 heteroatoms. The Morgan fingerprint density at radius 3 is 2.25 bits per heavy atom. The maximum Gasteiger partial charge on any atom is 0.239 e. The van der Waals surface area contributed by atoms with E-state index in [1.165, 1.54) is 12.4 Å². The molecule has 0 atom stereocenters. The first-order chi connectivity index (χ1) is 9.50. The molecule has 0 N–H and O–H groups in total. The van der Waals surface area contributed by atoms with E-state index in [4.69, 9.17) is 4.74 Å². The van der Waals surface area contributed by atoms with E-state index in [0.29, 0.717) is 0 Å². The van der Waals surface area contributed by atoms with Gasteiger partial charge in [0.1, 0.15) is 5.75 Å². The molecule has 0 saturated carbocycles. The first-order valence-electron chi connectivity index (χ1n) is 5.88. The number of hydrogen-bond donors (Lipinski definition) is 0. The lowest BCUT2D eigenvalue weighted by atomic mass is 10.2. The maximum absolute atomic E-state index is 11.9. The highest BCUT2D eigenvalue weighted by atomic mass is 32.2. The number of hydrogen-bond acceptors (Lipinski definition) is 5. The predicted molar refractivity (Wildman–Crippen MR) is 76.1 cm³/mol. The van der Waals surface area contributed by atoms with E-state index in [1.807, 2.05) is 0 Å². The number of ether oxygens (including phenoxy) is 1. The molecule has 0 bridgehead atoms. The van der Waals surface area contributed by atoms with Crippen LogP contribution in [0.25, 0.3) is 0 Å². The second kappa shape index (κ2) is 5.87. The largest absolute Gasteiger partial charge is 0.497 e. The Labute approximate surface area is 118 Å². The van der Waals surface area contributed by atoms with Crippen molar-refractivity contribution in [3.05, 3.63) is 48.3 Å². The third kappa shape index (κ3) is 3.45. The minimum atomic E-state index is -3.45. The van der Waals surface area contributed by atoms with Crippen LogP contribution in [0.3, 0.4) is 0 Å². The molecule has 0 unspecified atom stereocenters. The third-order valence-electron chi connectivity index (χ3n) is 2.66. The van der Waals surface area contributed by atoms with Crippen molar-refractivity contribution in [1.29, 1.82) is 0 Å². The highest BCUT2D eigenvalue weighted by molar-refractivity contribution is 7.92. The summed E-state index contributed by atoms with van der Waals surface area (Å²) in [6.45, 7) is 0.173. The molecule has 0 aliphatic rings. The lowest BCUT2D eigenvalue weighted by Gasteiger charge is -2.20. The Hall–Kier alpha value is -2.15. The molecule has 1 aromatic heterocycles. The zero-order valence-corrected chi connectivity index (χ0v) is 12.0. The molecule has 1 aromatic carbocycles. The Kier molecular flexibility index (Phi) is 4.19. The monoisotopic (exact) mass is 293 g/mol. The van der Waals surface area contributed by atoms with Crippen LogP contribution in [0.5, 0.6) is 5.75 Å². The molecule has 20 heavy (non-hydrogen) atoms. The van der Waals surface area contributed by atoms with E-state index >= 15 is 0 Å². The Morgan fingerprint density at radius 1 is 1.15 bits per heavy atom. The summed E-state index contributed by atoms with van der Waals surface area (Å²) in [6, 6.07) is 8.81. The summed E-state index contributed by atoms with van der Waals surface area (Å²) < 4.78 is 30.0. The quantitative estimate of drug-likeness (QED) is 0.834. The zero-order chi connectivity index (χ0) is 14.6. The fourth-order valence-electron chi connectivity index (χ4n) is 1.65. The van der Waals surface area contributed by atoms with Gasteiger partial charge in [-0.3, -0.25) is 0 Å². The number of methoxy groups -OCH3 is 1. The molecule has 6 nitrogen and oxygen atoms in total. The van der Waals surface area contributed by atoms with E-state index in [0.717, 1.165) is 21.9 Å². The average Bonchev–Trinajstić information content (AvgIpc) is 2.45. The summed E-state index contributed by atoms with van der Waals surface area (Å²) in [7, 11) is -1.88. The molecule has 0 aliphatic heterocycles. The highest BCUT2D eigenvalue weighted by Crippen LogP contribution is 2.17. The van der Waals surface area contributed by atoms with Gasteiger partial charge in [-0.2, -0.15) is 0 Å². The normalized spacial score (nSPS) is 11.1. The smallest absolute Gasteiger partial charge is 0.239 e. The van der Waals surface area contributed by atoms with Gasteiger partial charge in [0.05, 0.1) is 19.9 Å². The molecule has 0 fully saturated rings. The lowest BCUT2D eigenvalue weighted by Crippen LogP contribution is -2.30. The number of nitrogens with zero attached hydrogens (tertiary/aromatic N) is 3. The summed E-state index contributed by atoms with van der Waals surface area (Å²) in [4.78, 5) is 7.97. The van der Waals surface area contributed by atoms with E-state index in [9.17, 15) is 8.42 Å². The van der Waals surface area contributed by atoms with Crippen LogP contribution >= 0.6 is 0 Å². The van der Waals surface area contributed by atoms with Crippen LogP contribution in [-0.4, -0.2) is 31.8 Å². The van der Waals surface area contributed by atoms with Gasteiger partial charge in [0.2, 0.25) is 16.0 Å². The van der Waals surface area contributed by atoms with Crippen molar-refractivity contribution in [3.63, 3.8) is 0 Å². The molecule has 0 amide bonds. The number of rotatable bonds is 5. The van der Waals surface area contributed by atoms with Crippen molar-refractivity contribution >= 4 is 16.0 Å². The van der Waals surface area contributed by atoms with Gasteiger partial charge in [-0.25, -0.2) is 22.7 Å². The van der Waals surface area contributed by atoms with Gasteiger partial charge >= 0.3 is 0 Å². The first-order valence-corrected chi connectivity index (χ1v) is 7.73. The standard InChI is InChI=1S/C13H15N3O3S/c1-19-12-6-4-11(5-7-12)10-16(20(2,17)18)13-14-8-3-9-15-13/h3-9H,10H2,1-2H3. The SMILES string of the molecule is COc1ccc(CN(c2ncccn2)S(C)(=O)=O)cc1. The second-order valence-corrected chi connectivity index (χ2v) is 6.07. The van der Waals surface area contributed by atoms with Crippen LogP contribution in [0.15, 0.2) is 42.7 Å². The molecular weight excluding hydrogens is 278 g/mol. The molecule has 2 aromatic rings. The van der Waals surface area contributed by atoms with Gasteiger partial charge < -0.3 is 4.74 Å². The Morgan fingerprint density at radius 2 is 1.75 bits per heavy atom. The van der Waals surface area contributed by atoms with Crippen molar-refractivity contribution in [3.8, 4) is 5.75 Å². The molecule has 0 aliphatic carbocycles. The van der Waals surface area contributed by atoms with Crippen LogP contribution in [0.2, 0.25) is 0 Å². The summed E-state index contributed by atoms with van der Waals surface area (Å²) in [5.41, 5.74) is 0.823. The van der Waals surface area contributed by atoms with E-state index in [1.54, 1.807) is 37.4 Å². The van der Waals surface area contributed by atoms with Gasteiger partial charge in [0.15, 0.2) is 0 Å². The van der Waals surface area contributed by atoms with Crippen molar-refractivity contribution in [2.45, 2.75) is 6.54 Å². The summed E-state index contributed by atoms with van der Waals surface area (Å²) in [5.74, 6) is 0.876. The van der Waals surface area contributed by atoms with Gasteiger partial charge in [-0.15, -0.1) is 0 Å². The van der Waals surface area contributed by atoms with Crippen molar-refractivity contribution in [2.75, 3.05) is 17.7 Å². The molecular formula is C13H15N3O3S. The lowest BCUT2D eigenvalue weighted by molar-refractivity contribution is 0.414. The van der Waals surface area contributed by atoms with Gasteiger partial charge in [0.25, 0.3) is 0 Å². The minimum absolute atomic E-state index is 0.158. The van der Waals surface area contributed by atoms with Crippen molar-refractivity contribution in [2.24, 2.45) is 0 Å². The Balaban J connectivity index is 2.29. The number of anilines is 1. The minimum Gasteiger partial charge on any atom is -0.497 e. The number of sulfonamides is 1. The van der Waals surface area contributed by atoms with Crippen LogP contribution in [0.1, 0.15) is 5.56 Å². The van der Waals surface area contributed by atoms with Gasteiger partial charge in [-0.1, -0.05) is 12.1 Å². The van der Waals surface area contributed by atoms with Gasteiger partial charge in [0, 0.05) is 12.4 Å². The zero-order valence-electron chi connectivity index (χ0n) is 11.2. The second-order valence-electron chi connectivity index (χ2n) is 4.17. The summed E-state index contributed by atoms with van der Waals surface area (Å²) in [6.07, 6.45) is 4.15. The van der Waals surface area contributed by atoms with Crippen LogP contribution in [0, 0.1) is 0 Å². The predicted octanol–water partition coefficient (Wildman–Crippen LogP) is 1.45. The van der Waals surface area contributed by atoms with Gasteiger partial charge in [-0.05, 0) is 23.8 Å². The average molecular weight is 293 g/mol. The van der Waals surface area contributed by atoms with E-state index in [-0.39, 0.29) is 12.5 Å². The third-order valence-corrected chi connectivity index (χ3v) is 3.75. The van der Waals surface area contributed by atoms with Crippen LogP contribution < -0.4 is 9.04 Å². The first kappa shape index (κ1) is 14.3. The molecule has 1 heterocycles. The highest BCUT2D eigenvalue weighted by Gasteiger charge is 2.20. The van der Waals surface area contributed by atoms with E-state index < -0.39 is 10.0 Å². The summed E-state index contributed by atoms with van der Waals surface area (Å²) in [5, 5.41) is 0. The number of benzene rings is 1. The molecule has 0 saturated heterocycles. The molecule has 2 rings (SSSR count). The van der Waals surface area contributed by atoms with Crippen molar-refractivity contribution < 1.29 is 13.2 Å². The molecule has 0 spiro atoms. The molecule has 0 radical (unpaired) electrons. The molecule has 106 valence electrons. The van der Waals surface area contributed by atoms with Crippen LogP contribution in [0.4, 0.5) is 5.95 Å². The fraction of sp³-hybridized carbons (Fsp3) is 0.231. The Bertz CT molecular complexity index is 657. The summed E-state index contributed by atoms with van der Waals surface area (Å²) >= 11 is 0. The van der Waals surface area contributed by atoms with Crippen LogP contribution in [-0.2, 0) is 16.6 Å². The fourth-order valence-corrected chi connectivity index (χ4v) is 2.43.